The van der Waals surface area contributed by atoms with Crippen LogP contribution in [0.4, 0.5) is 0 Å². The minimum absolute atomic E-state index is 0.0569. The minimum Gasteiger partial charge on any atom is -0.496 e. The molecule has 6 heteroatoms. The van der Waals surface area contributed by atoms with Gasteiger partial charge in [0.25, 0.3) is 0 Å². The lowest BCUT2D eigenvalue weighted by molar-refractivity contribution is -0.139. The molecule has 0 bridgehead atoms. The minimum atomic E-state index is -0.874. The van der Waals surface area contributed by atoms with Crippen molar-refractivity contribution in [3.63, 3.8) is 0 Å². The van der Waals surface area contributed by atoms with Gasteiger partial charge in [-0.25, -0.2) is 9.59 Å². The van der Waals surface area contributed by atoms with Crippen LogP contribution >= 0.6 is 0 Å². The van der Waals surface area contributed by atoms with E-state index in [-0.39, 0.29) is 17.9 Å². The van der Waals surface area contributed by atoms with Gasteiger partial charge in [-0.1, -0.05) is 5.57 Å². The van der Waals surface area contributed by atoms with Crippen molar-refractivity contribution in [2.24, 2.45) is 0 Å². The predicted molar refractivity (Wildman–Crippen MR) is 71.4 cm³/mol. The van der Waals surface area contributed by atoms with Gasteiger partial charge in [0.2, 0.25) is 0 Å². The lowest BCUT2D eigenvalue weighted by atomic mass is 10.1. The van der Waals surface area contributed by atoms with E-state index < -0.39 is 17.7 Å². The number of carbonyl (C=O) groups excluding carboxylic acids is 1. The Morgan fingerprint density at radius 2 is 2.15 bits per heavy atom. The summed E-state index contributed by atoms with van der Waals surface area (Å²) in [6.45, 7) is 4.74. The average Bonchev–Trinajstić information content (AvgIpc) is 2.35. The summed E-state index contributed by atoms with van der Waals surface area (Å²) in [5.74, 6) is -0.393. The largest absolute Gasteiger partial charge is 0.496 e. The highest BCUT2D eigenvalue weighted by Gasteiger charge is 2.19. The molecule has 0 aliphatic carbocycles. The van der Waals surface area contributed by atoms with Gasteiger partial charge >= 0.3 is 11.6 Å². The molecule has 0 aliphatic rings. The summed E-state index contributed by atoms with van der Waals surface area (Å²) in [4.78, 5) is 23.1. The standard InChI is InChI=1S/C14H18O6/c1-8(2)5-12(16)19-7-11-13(18-4)10(9(3)15)6-20-14(11)17/h5-6,9,15H,7H2,1-4H3. The van der Waals surface area contributed by atoms with Crippen LogP contribution in [0.2, 0.25) is 0 Å². The van der Waals surface area contributed by atoms with Crippen LogP contribution < -0.4 is 10.4 Å². The van der Waals surface area contributed by atoms with Gasteiger partial charge in [-0.2, -0.15) is 0 Å². The summed E-state index contributed by atoms with van der Waals surface area (Å²) in [5.41, 5.74) is 0.491. The summed E-state index contributed by atoms with van der Waals surface area (Å²) in [6.07, 6.45) is 1.57. The van der Waals surface area contributed by atoms with Crippen molar-refractivity contribution in [3.05, 3.63) is 39.5 Å². The second-order valence-electron chi connectivity index (χ2n) is 4.50. The summed E-state index contributed by atoms with van der Waals surface area (Å²) in [6, 6.07) is 0. The number of aliphatic hydroxyl groups is 1. The number of carbonyl (C=O) groups is 1. The number of hydrogen-bond acceptors (Lipinski definition) is 6. The molecule has 0 spiro atoms. The van der Waals surface area contributed by atoms with Crippen LogP contribution in [-0.4, -0.2) is 18.2 Å². The summed E-state index contributed by atoms with van der Waals surface area (Å²) >= 11 is 0. The quantitative estimate of drug-likeness (QED) is 0.653. The molecule has 1 aromatic rings. The monoisotopic (exact) mass is 282 g/mol. The topological polar surface area (TPSA) is 86.0 Å². The normalized spacial score (nSPS) is 11.7. The second-order valence-corrected chi connectivity index (χ2v) is 4.50. The maximum Gasteiger partial charge on any atom is 0.346 e. The van der Waals surface area contributed by atoms with E-state index in [4.69, 9.17) is 13.9 Å². The Kier molecular flexibility index (Phi) is 5.52. The first-order valence-electron chi connectivity index (χ1n) is 6.05. The van der Waals surface area contributed by atoms with Gasteiger partial charge in [-0.3, -0.25) is 0 Å². The van der Waals surface area contributed by atoms with E-state index in [9.17, 15) is 14.7 Å². The molecule has 0 radical (unpaired) electrons. The predicted octanol–water partition coefficient (Wildman–Crippen LogP) is 1.71. The Morgan fingerprint density at radius 1 is 1.50 bits per heavy atom. The van der Waals surface area contributed by atoms with Crippen molar-refractivity contribution in [3.8, 4) is 5.75 Å². The molecule has 0 aliphatic heterocycles. The highest BCUT2D eigenvalue weighted by atomic mass is 16.5. The second kappa shape index (κ2) is 6.91. The number of allylic oxidation sites excluding steroid dienone is 1. The van der Waals surface area contributed by atoms with Gasteiger partial charge in [0, 0.05) is 6.08 Å². The fourth-order valence-electron chi connectivity index (χ4n) is 1.58. The van der Waals surface area contributed by atoms with E-state index in [1.807, 2.05) is 0 Å². The van der Waals surface area contributed by atoms with Crippen LogP contribution in [-0.2, 0) is 16.1 Å². The molecule has 110 valence electrons. The number of hydrogen-bond donors (Lipinski definition) is 1. The third-order valence-electron chi connectivity index (χ3n) is 2.50. The molecule has 1 unspecified atom stereocenters. The molecular weight excluding hydrogens is 264 g/mol. The molecule has 1 atom stereocenters. The van der Waals surface area contributed by atoms with E-state index in [0.717, 1.165) is 11.8 Å². The Labute approximate surface area is 116 Å². The molecule has 0 aromatic carbocycles. The third-order valence-corrected chi connectivity index (χ3v) is 2.50. The van der Waals surface area contributed by atoms with Crippen molar-refractivity contribution in [2.45, 2.75) is 33.5 Å². The smallest absolute Gasteiger partial charge is 0.346 e. The summed E-state index contributed by atoms with van der Waals surface area (Å²) < 4.78 is 14.9. The lowest BCUT2D eigenvalue weighted by Gasteiger charge is -2.13. The van der Waals surface area contributed by atoms with E-state index >= 15 is 0 Å². The first-order valence-corrected chi connectivity index (χ1v) is 6.05. The Hall–Kier alpha value is -2.08. The van der Waals surface area contributed by atoms with Crippen molar-refractivity contribution in [2.75, 3.05) is 7.11 Å². The van der Waals surface area contributed by atoms with Crippen LogP contribution in [0.25, 0.3) is 0 Å². The molecule has 20 heavy (non-hydrogen) atoms. The van der Waals surface area contributed by atoms with E-state index in [0.29, 0.717) is 5.56 Å². The molecule has 1 rings (SSSR count). The fourth-order valence-corrected chi connectivity index (χ4v) is 1.58. The molecule has 0 amide bonds. The van der Waals surface area contributed by atoms with Crippen molar-refractivity contribution < 1.29 is 23.8 Å². The van der Waals surface area contributed by atoms with Crippen LogP contribution in [0.1, 0.15) is 38.0 Å². The molecule has 0 fully saturated rings. The molecule has 0 saturated heterocycles. The molecule has 1 N–H and O–H groups in total. The zero-order valence-corrected chi connectivity index (χ0v) is 11.9. The summed E-state index contributed by atoms with van der Waals surface area (Å²) in [7, 11) is 1.36. The van der Waals surface area contributed by atoms with Gasteiger partial charge < -0.3 is 19.0 Å². The number of aliphatic hydroxyl groups excluding tert-OH is 1. The van der Waals surface area contributed by atoms with Gasteiger partial charge in [-0.15, -0.1) is 0 Å². The van der Waals surface area contributed by atoms with Crippen LogP contribution in [0.3, 0.4) is 0 Å². The van der Waals surface area contributed by atoms with E-state index in [1.165, 1.54) is 20.1 Å². The third kappa shape index (κ3) is 3.96. The van der Waals surface area contributed by atoms with Gasteiger partial charge in [0.15, 0.2) is 0 Å². The number of methoxy groups -OCH3 is 1. The Balaban J connectivity index is 3.05. The van der Waals surface area contributed by atoms with Crippen molar-refractivity contribution in [1.82, 2.24) is 0 Å². The lowest BCUT2D eigenvalue weighted by Crippen LogP contribution is -2.15. The van der Waals surface area contributed by atoms with Crippen LogP contribution in [0.5, 0.6) is 5.75 Å². The van der Waals surface area contributed by atoms with Crippen molar-refractivity contribution >= 4 is 5.97 Å². The molecule has 0 saturated carbocycles. The number of ether oxygens (including phenoxy) is 2. The highest BCUT2D eigenvalue weighted by molar-refractivity contribution is 5.82. The maximum atomic E-state index is 11.7. The Morgan fingerprint density at radius 3 is 2.65 bits per heavy atom. The average molecular weight is 282 g/mol. The Bertz CT molecular complexity index is 564. The van der Waals surface area contributed by atoms with Crippen molar-refractivity contribution in [1.29, 1.82) is 0 Å². The van der Waals surface area contributed by atoms with E-state index in [2.05, 4.69) is 0 Å². The fraction of sp³-hybridized carbons (Fsp3) is 0.429. The van der Waals surface area contributed by atoms with Gasteiger partial charge in [0.1, 0.15) is 24.2 Å². The summed E-state index contributed by atoms with van der Waals surface area (Å²) in [5, 5.41) is 9.59. The first-order chi connectivity index (χ1) is 9.36. The SMILES string of the molecule is COc1c(C(C)O)coc(=O)c1COC(=O)C=C(C)C. The number of rotatable bonds is 5. The van der Waals surface area contributed by atoms with E-state index in [1.54, 1.807) is 13.8 Å². The first kappa shape index (κ1) is 16.0. The van der Waals surface area contributed by atoms with Crippen LogP contribution in [0, 0.1) is 0 Å². The maximum absolute atomic E-state index is 11.7. The zero-order valence-electron chi connectivity index (χ0n) is 11.9. The molecule has 1 heterocycles. The zero-order chi connectivity index (χ0) is 15.3. The highest BCUT2D eigenvalue weighted by Crippen LogP contribution is 2.27. The van der Waals surface area contributed by atoms with Crippen LogP contribution in [0.15, 0.2) is 27.1 Å². The molecule has 6 nitrogen and oxygen atoms in total. The molecule has 1 aromatic heterocycles. The number of esters is 1. The van der Waals surface area contributed by atoms with Gasteiger partial charge in [0.05, 0.1) is 18.8 Å². The van der Waals surface area contributed by atoms with Gasteiger partial charge in [-0.05, 0) is 20.8 Å². The molecular formula is C14H18O6.